The number of ether oxygens (including phenoxy) is 2. The van der Waals surface area contributed by atoms with Crippen LogP contribution in [0.2, 0.25) is 0 Å². The summed E-state index contributed by atoms with van der Waals surface area (Å²) in [5.41, 5.74) is 0.659. The summed E-state index contributed by atoms with van der Waals surface area (Å²) in [6, 6.07) is 4.34. The second kappa shape index (κ2) is 14.0. The molecule has 6 nitrogen and oxygen atoms in total. The van der Waals surface area contributed by atoms with E-state index in [0.717, 1.165) is 28.7 Å². The zero-order valence-corrected chi connectivity index (χ0v) is 29.7. The topological polar surface area (TPSA) is 89.9 Å². The fourth-order valence-corrected chi connectivity index (χ4v) is 7.62. The standard InChI is InChI=1S/C40H54O6/c1-24(2)13-15-29(27(7)8)22-39-23-30(17-14-25(3)4)38(9,10)40(37(39)44,20-19-26(5)6)36(46-12)33(35(39)43)34(42)28-16-18-32(45-11)31(41)21-28/h14,16,18-19,21,29-30,41H,1,7,13,15,17,20,22-23H2,2-6,8-12H3/t29-,30+,39+,40-/m1/s1. The summed E-state index contributed by atoms with van der Waals surface area (Å²) >= 11 is 0. The van der Waals surface area contributed by atoms with E-state index in [1.165, 1.54) is 32.4 Å². The number of allylic oxidation sites excluding steroid dienone is 8. The van der Waals surface area contributed by atoms with Gasteiger partial charge in [0.25, 0.3) is 0 Å². The van der Waals surface area contributed by atoms with Crippen molar-refractivity contribution in [3.8, 4) is 11.5 Å². The van der Waals surface area contributed by atoms with E-state index < -0.39 is 27.8 Å². The summed E-state index contributed by atoms with van der Waals surface area (Å²) in [7, 11) is 2.88. The Bertz CT molecular complexity index is 1510. The molecule has 0 saturated heterocycles. The highest BCUT2D eigenvalue weighted by molar-refractivity contribution is 6.35. The van der Waals surface area contributed by atoms with Crippen LogP contribution in [0.4, 0.5) is 0 Å². The molecule has 0 amide bonds. The predicted octanol–water partition coefficient (Wildman–Crippen LogP) is 9.31. The Morgan fingerprint density at radius 1 is 1.02 bits per heavy atom. The lowest BCUT2D eigenvalue weighted by molar-refractivity contribution is -0.171. The van der Waals surface area contributed by atoms with Gasteiger partial charge in [-0.25, -0.2) is 0 Å². The zero-order valence-electron chi connectivity index (χ0n) is 29.7. The molecule has 1 fully saturated rings. The number of hydrogen-bond donors (Lipinski definition) is 1. The van der Waals surface area contributed by atoms with Gasteiger partial charge in [-0.1, -0.05) is 54.9 Å². The first-order valence-electron chi connectivity index (χ1n) is 16.3. The Morgan fingerprint density at radius 3 is 2.15 bits per heavy atom. The second-order valence-corrected chi connectivity index (χ2v) is 14.6. The molecule has 6 heteroatoms. The molecular weight excluding hydrogens is 576 g/mol. The SMILES string of the molecule is C=C(C)CC[C@H](C[C@@]12C[C@H](CC=C(C)C)C(C)(C)[C@@](CC=C(C)C)(C1=O)C(OC)=C(C(=O)c1ccc(OC)c(O)c1)C2=O)C(=C)C. The van der Waals surface area contributed by atoms with Crippen molar-refractivity contribution in [2.45, 2.75) is 93.9 Å². The van der Waals surface area contributed by atoms with Crippen LogP contribution in [-0.2, 0) is 14.3 Å². The summed E-state index contributed by atoms with van der Waals surface area (Å²) in [5.74, 6) is -1.33. The fraction of sp³-hybridized carbons (Fsp3) is 0.525. The third-order valence-corrected chi connectivity index (χ3v) is 10.5. The van der Waals surface area contributed by atoms with E-state index in [1.54, 1.807) is 0 Å². The number of phenolic OH excluding ortho intramolecular Hbond substituents is 1. The van der Waals surface area contributed by atoms with Crippen molar-refractivity contribution in [2.24, 2.45) is 28.1 Å². The number of benzene rings is 1. The van der Waals surface area contributed by atoms with Crippen LogP contribution < -0.4 is 4.74 Å². The first-order valence-corrected chi connectivity index (χ1v) is 16.3. The average molecular weight is 631 g/mol. The average Bonchev–Trinajstić information content (AvgIpc) is 2.97. The maximum atomic E-state index is 15.5. The fourth-order valence-electron chi connectivity index (χ4n) is 7.62. The second-order valence-electron chi connectivity index (χ2n) is 14.6. The molecule has 0 aromatic heterocycles. The summed E-state index contributed by atoms with van der Waals surface area (Å²) in [6.07, 6.45) is 7.20. The molecule has 4 atom stereocenters. The Balaban J connectivity index is 2.48. The molecule has 2 aliphatic carbocycles. The minimum absolute atomic E-state index is 0.0617. The highest BCUT2D eigenvalue weighted by atomic mass is 16.5. The third kappa shape index (κ3) is 6.45. The molecule has 0 spiro atoms. The predicted molar refractivity (Wildman–Crippen MR) is 185 cm³/mol. The zero-order chi connectivity index (χ0) is 34.8. The van der Waals surface area contributed by atoms with Gasteiger partial charge in [0.2, 0.25) is 0 Å². The molecule has 3 rings (SSSR count). The van der Waals surface area contributed by atoms with Gasteiger partial charge < -0.3 is 14.6 Å². The van der Waals surface area contributed by atoms with Gasteiger partial charge in [0.15, 0.2) is 28.8 Å². The molecule has 1 saturated carbocycles. The van der Waals surface area contributed by atoms with E-state index >= 15 is 9.59 Å². The van der Waals surface area contributed by atoms with Crippen LogP contribution in [0, 0.1) is 28.1 Å². The molecule has 1 aromatic carbocycles. The van der Waals surface area contributed by atoms with Crippen molar-refractivity contribution in [3.63, 3.8) is 0 Å². The van der Waals surface area contributed by atoms with Crippen LogP contribution in [-0.4, -0.2) is 36.7 Å². The van der Waals surface area contributed by atoms with Gasteiger partial charge in [0, 0.05) is 5.56 Å². The minimum atomic E-state index is -1.47. The van der Waals surface area contributed by atoms with Gasteiger partial charge in [-0.15, -0.1) is 6.58 Å². The third-order valence-electron chi connectivity index (χ3n) is 10.5. The van der Waals surface area contributed by atoms with Crippen LogP contribution in [0.1, 0.15) is 104 Å². The van der Waals surface area contributed by atoms with E-state index in [2.05, 4.69) is 46.9 Å². The van der Waals surface area contributed by atoms with E-state index in [4.69, 9.17) is 9.47 Å². The molecule has 1 N–H and O–H groups in total. The Kier molecular flexibility index (Phi) is 11.2. The Hall–Kier alpha value is -3.67. The normalized spacial score (nSPS) is 24.2. The lowest BCUT2D eigenvalue weighted by Gasteiger charge is -2.61. The Morgan fingerprint density at radius 2 is 1.65 bits per heavy atom. The van der Waals surface area contributed by atoms with Crippen molar-refractivity contribution in [1.82, 2.24) is 0 Å². The van der Waals surface area contributed by atoms with Crippen molar-refractivity contribution < 1.29 is 29.0 Å². The van der Waals surface area contributed by atoms with Crippen molar-refractivity contribution in [3.05, 3.63) is 82.7 Å². The highest BCUT2D eigenvalue weighted by Gasteiger charge is 2.72. The molecule has 0 heterocycles. The smallest absolute Gasteiger partial charge is 0.200 e. The van der Waals surface area contributed by atoms with Gasteiger partial charge in [-0.3, -0.25) is 14.4 Å². The van der Waals surface area contributed by atoms with Gasteiger partial charge >= 0.3 is 0 Å². The lowest BCUT2D eigenvalue weighted by atomic mass is 9.39. The number of ketones is 3. The Labute approximate surface area is 276 Å². The maximum Gasteiger partial charge on any atom is 0.200 e. The summed E-state index contributed by atoms with van der Waals surface area (Å²) in [5, 5.41) is 10.6. The van der Waals surface area contributed by atoms with E-state index in [9.17, 15) is 9.90 Å². The number of Topliss-reactive ketones (excluding diaryl/α,β-unsaturated/α-hetero) is 3. The van der Waals surface area contributed by atoms with E-state index in [0.29, 0.717) is 25.7 Å². The molecule has 2 aliphatic rings. The van der Waals surface area contributed by atoms with Crippen LogP contribution in [0.5, 0.6) is 11.5 Å². The number of carbonyl (C=O) groups excluding carboxylic acids is 3. The van der Waals surface area contributed by atoms with E-state index in [1.807, 2.05) is 33.8 Å². The van der Waals surface area contributed by atoms with Crippen molar-refractivity contribution >= 4 is 17.3 Å². The maximum absolute atomic E-state index is 15.5. The molecular formula is C40H54O6. The van der Waals surface area contributed by atoms with Gasteiger partial charge in [0.1, 0.15) is 11.3 Å². The molecule has 250 valence electrons. The largest absolute Gasteiger partial charge is 0.504 e. The molecule has 46 heavy (non-hydrogen) atoms. The van der Waals surface area contributed by atoms with Crippen LogP contribution in [0.3, 0.4) is 0 Å². The molecule has 2 bridgehead atoms. The summed E-state index contributed by atoms with van der Waals surface area (Å²) < 4.78 is 11.3. The van der Waals surface area contributed by atoms with Gasteiger partial charge in [-0.05, 0) is 116 Å². The molecule has 0 unspecified atom stereocenters. The molecule has 0 aliphatic heterocycles. The number of fused-ring (bicyclic) bond motifs is 2. The lowest BCUT2D eigenvalue weighted by Crippen LogP contribution is -2.67. The minimum Gasteiger partial charge on any atom is -0.504 e. The molecule has 1 aromatic rings. The summed E-state index contributed by atoms with van der Waals surface area (Å²) in [4.78, 5) is 45.2. The van der Waals surface area contributed by atoms with Crippen molar-refractivity contribution in [2.75, 3.05) is 14.2 Å². The highest BCUT2D eigenvalue weighted by Crippen LogP contribution is 2.68. The van der Waals surface area contributed by atoms with Crippen LogP contribution in [0.25, 0.3) is 0 Å². The van der Waals surface area contributed by atoms with Gasteiger partial charge in [0.05, 0.1) is 25.0 Å². The van der Waals surface area contributed by atoms with E-state index in [-0.39, 0.29) is 52.4 Å². The van der Waals surface area contributed by atoms with Gasteiger partial charge in [-0.2, -0.15) is 0 Å². The number of phenols is 1. The summed E-state index contributed by atoms with van der Waals surface area (Å²) in [6.45, 7) is 24.5. The quantitative estimate of drug-likeness (QED) is 0.0954. The van der Waals surface area contributed by atoms with Crippen molar-refractivity contribution in [1.29, 1.82) is 0 Å². The monoisotopic (exact) mass is 630 g/mol. The molecule has 0 radical (unpaired) electrons. The van der Waals surface area contributed by atoms with Crippen LogP contribution >= 0.6 is 0 Å². The first kappa shape index (κ1) is 36.8. The number of rotatable bonds is 14. The first-order chi connectivity index (χ1) is 21.4. The van der Waals surface area contributed by atoms with Crippen LogP contribution in [0.15, 0.2) is 77.1 Å². The number of methoxy groups -OCH3 is 2. The number of aromatic hydroxyl groups is 1. The number of hydrogen-bond acceptors (Lipinski definition) is 6. The number of carbonyl (C=O) groups is 3.